The molecule has 2 N–H and O–H groups in total. The van der Waals surface area contributed by atoms with Gasteiger partial charge in [-0.2, -0.15) is 0 Å². The normalized spacial score (nSPS) is 16.4. The fraction of sp³-hybridized carbons (Fsp3) is 0.333. The molecule has 148 valence electrons. The van der Waals surface area contributed by atoms with Gasteiger partial charge in [-0.25, -0.2) is 0 Å². The Bertz CT molecular complexity index is 905. The molecule has 3 heterocycles. The number of aryl methyl sites for hydroxylation is 1. The lowest BCUT2D eigenvalue weighted by Gasteiger charge is -2.34. The molecule has 28 heavy (non-hydrogen) atoms. The lowest BCUT2D eigenvalue weighted by molar-refractivity contribution is -0.145. The van der Waals surface area contributed by atoms with Crippen LogP contribution in [-0.2, 0) is 14.3 Å². The van der Waals surface area contributed by atoms with E-state index in [9.17, 15) is 19.2 Å². The van der Waals surface area contributed by atoms with Crippen molar-refractivity contribution in [3.63, 3.8) is 0 Å². The van der Waals surface area contributed by atoms with Gasteiger partial charge < -0.3 is 24.7 Å². The van der Waals surface area contributed by atoms with E-state index in [-0.39, 0.29) is 24.6 Å². The second kappa shape index (κ2) is 8.26. The number of amides is 3. The number of rotatable bonds is 5. The van der Waals surface area contributed by atoms with Gasteiger partial charge >= 0.3 is 5.97 Å². The molecule has 0 aromatic carbocycles. The number of anilines is 1. The van der Waals surface area contributed by atoms with Crippen LogP contribution in [-0.4, -0.2) is 54.8 Å². The maximum Gasteiger partial charge on any atom is 0.308 e. The average molecular weight is 405 g/mol. The van der Waals surface area contributed by atoms with Crippen LogP contribution in [0, 0.1) is 6.92 Å². The Morgan fingerprint density at radius 1 is 1.43 bits per heavy atom. The monoisotopic (exact) mass is 405 g/mol. The van der Waals surface area contributed by atoms with E-state index in [0.717, 1.165) is 11.3 Å². The Labute approximate surface area is 164 Å². The lowest BCUT2D eigenvalue weighted by atomic mass is 10.1. The highest BCUT2D eigenvalue weighted by molar-refractivity contribution is 7.18. The number of esters is 1. The minimum absolute atomic E-state index is 0.157. The molecule has 1 unspecified atom stereocenters. The molecule has 9 nitrogen and oxygen atoms in total. The molecule has 10 heteroatoms. The fourth-order valence-electron chi connectivity index (χ4n) is 2.87. The largest absolute Gasteiger partial charge is 0.469 e. The third kappa shape index (κ3) is 4.06. The quantitative estimate of drug-likeness (QED) is 0.726. The number of carbonyl (C=O) groups excluding carboxylic acids is 4. The molecular weight excluding hydrogens is 386 g/mol. The van der Waals surface area contributed by atoms with E-state index in [0.29, 0.717) is 22.0 Å². The average Bonchev–Trinajstić information content (AvgIpc) is 3.32. The van der Waals surface area contributed by atoms with Gasteiger partial charge in [0.25, 0.3) is 11.8 Å². The molecule has 1 aliphatic rings. The zero-order chi connectivity index (χ0) is 20.3. The van der Waals surface area contributed by atoms with Crippen molar-refractivity contribution >= 4 is 40.0 Å². The summed E-state index contributed by atoms with van der Waals surface area (Å²) in [5, 5.41) is 5.82. The molecule has 3 rings (SSSR count). The van der Waals surface area contributed by atoms with E-state index in [1.54, 1.807) is 19.1 Å². The maximum absolute atomic E-state index is 13.0. The van der Waals surface area contributed by atoms with Crippen LogP contribution >= 0.6 is 11.3 Å². The van der Waals surface area contributed by atoms with Gasteiger partial charge in [0, 0.05) is 13.1 Å². The van der Waals surface area contributed by atoms with Crippen LogP contribution in [0.25, 0.3) is 0 Å². The second-order valence-corrected chi connectivity index (χ2v) is 7.19. The minimum atomic E-state index is -0.934. The van der Waals surface area contributed by atoms with Crippen molar-refractivity contribution in [2.45, 2.75) is 19.4 Å². The van der Waals surface area contributed by atoms with Crippen LogP contribution in [0.4, 0.5) is 5.00 Å². The van der Waals surface area contributed by atoms with Crippen LogP contribution in [0.3, 0.4) is 0 Å². The van der Waals surface area contributed by atoms with Gasteiger partial charge in [-0.1, -0.05) is 0 Å². The summed E-state index contributed by atoms with van der Waals surface area (Å²) in [6.07, 6.45) is 1.17. The van der Waals surface area contributed by atoms with E-state index in [4.69, 9.17) is 4.42 Å². The van der Waals surface area contributed by atoms with Crippen molar-refractivity contribution in [2.75, 3.05) is 25.5 Å². The molecule has 1 saturated heterocycles. The highest BCUT2D eigenvalue weighted by Gasteiger charge is 2.36. The molecular formula is C18H19N3O6S. The van der Waals surface area contributed by atoms with E-state index >= 15 is 0 Å². The smallest absolute Gasteiger partial charge is 0.308 e. The molecule has 0 saturated carbocycles. The topological polar surface area (TPSA) is 118 Å². The van der Waals surface area contributed by atoms with Crippen molar-refractivity contribution in [1.82, 2.24) is 10.2 Å². The number of hydrogen-bond donors (Lipinski definition) is 2. The lowest BCUT2D eigenvalue weighted by Crippen LogP contribution is -2.57. The molecule has 1 aliphatic heterocycles. The summed E-state index contributed by atoms with van der Waals surface area (Å²) in [6.45, 7) is 2.32. The van der Waals surface area contributed by atoms with Gasteiger partial charge in [0.05, 0.1) is 29.7 Å². The van der Waals surface area contributed by atoms with Crippen LogP contribution < -0.4 is 10.6 Å². The summed E-state index contributed by atoms with van der Waals surface area (Å²) in [7, 11) is 1.23. The number of hydrogen-bond acceptors (Lipinski definition) is 7. The first kappa shape index (κ1) is 19.6. The maximum atomic E-state index is 13.0. The Balaban J connectivity index is 1.79. The van der Waals surface area contributed by atoms with E-state index in [1.165, 1.54) is 24.3 Å². The van der Waals surface area contributed by atoms with Gasteiger partial charge in [-0.3, -0.25) is 19.2 Å². The predicted molar refractivity (Wildman–Crippen MR) is 100 cm³/mol. The molecule has 1 fully saturated rings. The van der Waals surface area contributed by atoms with Crippen LogP contribution in [0.15, 0.2) is 28.9 Å². The molecule has 0 bridgehead atoms. The third-order valence-electron chi connectivity index (χ3n) is 4.27. The summed E-state index contributed by atoms with van der Waals surface area (Å²) in [4.78, 5) is 50.7. The van der Waals surface area contributed by atoms with Crippen LogP contribution in [0.2, 0.25) is 0 Å². The van der Waals surface area contributed by atoms with Gasteiger partial charge in [0.1, 0.15) is 6.04 Å². The number of carbonyl (C=O) groups is 4. The summed E-state index contributed by atoms with van der Waals surface area (Å²) >= 11 is 1.10. The molecule has 2 aromatic rings. The molecule has 2 aromatic heterocycles. The molecule has 0 aliphatic carbocycles. The SMILES string of the molecule is COC(=O)CC1C(=O)NCCN1C(=O)c1sc(NC(=O)c2ccco2)cc1C. The van der Waals surface area contributed by atoms with Gasteiger partial charge in [-0.05, 0) is 30.7 Å². The number of furan rings is 1. The number of methoxy groups -OCH3 is 1. The van der Waals surface area contributed by atoms with Gasteiger partial charge in [0.2, 0.25) is 5.91 Å². The number of nitrogens with one attached hydrogen (secondary N) is 2. The molecule has 0 radical (unpaired) electrons. The van der Waals surface area contributed by atoms with Crippen molar-refractivity contribution in [3.05, 3.63) is 40.7 Å². The number of thiophene rings is 1. The first-order valence-electron chi connectivity index (χ1n) is 8.51. The zero-order valence-electron chi connectivity index (χ0n) is 15.3. The highest BCUT2D eigenvalue weighted by atomic mass is 32.1. The van der Waals surface area contributed by atoms with Crippen molar-refractivity contribution < 1.29 is 28.3 Å². The Morgan fingerprint density at radius 3 is 2.89 bits per heavy atom. The zero-order valence-corrected chi connectivity index (χ0v) is 16.1. The van der Waals surface area contributed by atoms with E-state index in [1.807, 2.05) is 0 Å². The van der Waals surface area contributed by atoms with Crippen molar-refractivity contribution in [2.24, 2.45) is 0 Å². The number of piperazine rings is 1. The standard InChI is InChI=1S/C18H19N3O6S/c1-10-8-13(20-17(24)12-4-3-7-27-12)28-15(10)18(25)21-6-5-19-16(23)11(21)9-14(22)26-2/h3-4,7-8,11H,5-6,9H2,1-2H3,(H,19,23)(H,20,24). The number of ether oxygens (including phenoxy) is 1. The highest BCUT2D eigenvalue weighted by Crippen LogP contribution is 2.29. The Morgan fingerprint density at radius 2 is 2.21 bits per heavy atom. The van der Waals surface area contributed by atoms with Crippen LogP contribution in [0.5, 0.6) is 0 Å². The Hall–Kier alpha value is -3.14. The van der Waals surface area contributed by atoms with Gasteiger partial charge in [0.15, 0.2) is 5.76 Å². The Kier molecular flexibility index (Phi) is 5.78. The minimum Gasteiger partial charge on any atom is -0.469 e. The van der Waals surface area contributed by atoms with E-state index in [2.05, 4.69) is 15.4 Å². The van der Waals surface area contributed by atoms with Crippen molar-refractivity contribution in [1.29, 1.82) is 0 Å². The molecule has 3 amide bonds. The summed E-state index contributed by atoms with van der Waals surface area (Å²) in [5.41, 5.74) is 0.660. The summed E-state index contributed by atoms with van der Waals surface area (Å²) < 4.78 is 9.68. The van der Waals surface area contributed by atoms with E-state index < -0.39 is 23.8 Å². The first-order valence-corrected chi connectivity index (χ1v) is 9.33. The van der Waals surface area contributed by atoms with Gasteiger partial charge in [-0.15, -0.1) is 11.3 Å². The second-order valence-electron chi connectivity index (χ2n) is 6.14. The molecule has 0 spiro atoms. The number of nitrogens with zero attached hydrogens (tertiary/aromatic N) is 1. The fourth-order valence-corrected chi connectivity index (χ4v) is 3.89. The van der Waals surface area contributed by atoms with Crippen molar-refractivity contribution in [3.8, 4) is 0 Å². The summed E-state index contributed by atoms with van der Waals surface area (Å²) in [6, 6.07) is 3.88. The third-order valence-corrected chi connectivity index (χ3v) is 5.41. The summed E-state index contributed by atoms with van der Waals surface area (Å²) in [5.74, 6) is -1.61. The first-order chi connectivity index (χ1) is 13.4. The molecule has 1 atom stereocenters. The predicted octanol–water partition coefficient (Wildman–Crippen LogP) is 1.41. The van der Waals surface area contributed by atoms with Crippen LogP contribution in [0.1, 0.15) is 32.2 Å².